The van der Waals surface area contributed by atoms with E-state index in [1.165, 1.54) is 13.1 Å². The van der Waals surface area contributed by atoms with E-state index in [1.54, 1.807) is 19.1 Å². The van der Waals surface area contributed by atoms with E-state index in [4.69, 9.17) is 0 Å². The molecule has 2 aromatic rings. The van der Waals surface area contributed by atoms with Crippen molar-refractivity contribution in [3.63, 3.8) is 0 Å². The topological polar surface area (TPSA) is 81.8 Å². The van der Waals surface area contributed by atoms with E-state index in [9.17, 15) is 13.2 Å². The van der Waals surface area contributed by atoms with E-state index in [1.807, 2.05) is 55.2 Å². The summed E-state index contributed by atoms with van der Waals surface area (Å²) in [5.74, 6) is -0.205. The normalized spacial score (nSPS) is 11.5. The molecule has 0 aliphatic rings. The average molecular weight is 405 g/mol. The number of sulfonamides is 1. The van der Waals surface area contributed by atoms with Gasteiger partial charge in [0.1, 0.15) is 0 Å². The number of hydrogen-bond acceptors (Lipinski definition) is 5. The zero-order valence-corrected chi connectivity index (χ0v) is 17.8. The van der Waals surface area contributed by atoms with Crippen LogP contribution in [0.5, 0.6) is 0 Å². The van der Waals surface area contributed by atoms with Gasteiger partial charge in [0.25, 0.3) is 0 Å². The van der Waals surface area contributed by atoms with E-state index in [-0.39, 0.29) is 17.3 Å². The van der Waals surface area contributed by atoms with Crippen LogP contribution in [0.4, 0.5) is 11.4 Å². The molecule has 0 radical (unpaired) electrons. The highest BCUT2D eigenvalue weighted by Gasteiger charge is 2.16. The number of benzene rings is 2. The standard InChI is InChI=1S/C20H28N4O3S/c1-15-6-9-17(12-19(15)28(26,27)21-2)22-20(25)14-24(5)13-16-7-10-18(11-8-16)23(3)4/h6-12,21H,13-14H2,1-5H3,(H,22,25). The molecule has 0 aliphatic carbocycles. The van der Waals surface area contributed by atoms with E-state index >= 15 is 0 Å². The van der Waals surface area contributed by atoms with Gasteiger partial charge >= 0.3 is 0 Å². The fraction of sp³-hybridized carbons (Fsp3) is 0.350. The number of likely N-dealkylation sites (N-methyl/N-ethyl adjacent to an activating group) is 1. The van der Waals surface area contributed by atoms with E-state index in [0.717, 1.165) is 11.3 Å². The lowest BCUT2D eigenvalue weighted by Gasteiger charge is -2.18. The third-order valence-corrected chi connectivity index (χ3v) is 5.91. The Hall–Kier alpha value is -2.42. The average Bonchev–Trinajstić information content (AvgIpc) is 2.63. The molecule has 0 spiro atoms. The smallest absolute Gasteiger partial charge is 0.240 e. The number of carbonyl (C=O) groups is 1. The lowest BCUT2D eigenvalue weighted by atomic mass is 10.2. The Balaban J connectivity index is 1.99. The molecule has 1 amide bonds. The van der Waals surface area contributed by atoms with Crippen molar-refractivity contribution >= 4 is 27.3 Å². The number of carbonyl (C=O) groups excluding carboxylic acids is 1. The van der Waals surface area contributed by atoms with E-state index in [2.05, 4.69) is 10.0 Å². The molecule has 0 atom stereocenters. The molecular weight excluding hydrogens is 376 g/mol. The van der Waals surface area contributed by atoms with E-state index in [0.29, 0.717) is 17.8 Å². The van der Waals surface area contributed by atoms with Crippen LogP contribution in [-0.2, 0) is 21.4 Å². The number of amides is 1. The van der Waals surface area contributed by atoms with Gasteiger partial charge in [-0.05, 0) is 56.4 Å². The number of hydrogen-bond donors (Lipinski definition) is 2. The van der Waals surface area contributed by atoms with Gasteiger partial charge in [-0.1, -0.05) is 18.2 Å². The summed E-state index contributed by atoms with van der Waals surface area (Å²) in [4.78, 5) is 16.4. The van der Waals surface area contributed by atoms with Crippen LogP contribution in [0, 0.1) is 6.92 Å². The molecule has 0 aromatic heterocycles. The number of rotatable bonds is 8. The van der Waals surface area contributed by atoms with Crippen LogP contribution in [0.3, 0.4) is 0 Å². The maximum absolute atomic E-state index is 12.3. The summed E-state index contributed by atoms with van der Waals surface area (Å²) in [6.45, 7) is 2.54. The van der Waals surface area contributed by atoms with Gasteiger partial charge in [0.05, 0.1) is 11.4 Å². The second-order valence-electron chi connectivity index (χ2n) is 6.97. The van der Waals surface area contributed by atoms with Gasteiger partial charge in [-0.15, -0.1) is 0 Å². The molecule has 0 fully saturated rings. The molecule has 2 N–H and O–H groups in total. The first-order valence-corrected chi connectivity index (χ1v) is 10.4. The number of nitrogens with one attached hydrogen (secondary N) is 2. The summed E-state index contributed by atoms with van der Waals surface area (Å²) in [6.07, 6.45) is 0. The first-order chi connectivity index (χ1) is 13.1. The highest BCUT2D eigenvalue weighted by Crippen LogP contribution is 2.20. The number of anilines is 2. The van der Waals surface area contributed by atoms with Gasteiger partial charge in [-0.2, -0.15) is 0 Å². The summed E-state index contributed by atoms with van der Waals surface area (Å²) < 4.78 is 26.4. The van der Waals surface area contributed by atoms with Gasteiger partial charge < -0.3 is 10.2 Å². The minimum atomic E-state index is -3.58. The minimum Gasteiger partial charge on any atom is -0.378 e. The first kappa shape index (κ1) is 21.9. The molecule has 7 nitrogen and oxygen atoms in total. The van der Waals surface area contributed by atoms with Crippen molar-refractivity contribution in [1.29, 1.82) is 0 Å². The summed E-state index contributed by atoms with van der Waals surface area (Å²) in [7, 11) is 3.63. The fourth-order valence-corrected chi connectivity index (χ4v) is 3.78. The molecule has 8 heteroatoms. The molecule has 152 valence electrons. The Morgan fingerprint density at radius 2 is 1.68 bits per heavy atom. The number of aryl methyl sites for hydroxylation is 1. The van der Waals surface area contributed by atoms with Gasteiger partial charge in [-0.3, -0.25) is 9.69 Å². The molecule has 0 unspecified atom stereocenters. The number of nitrogens with zero attached hydrogens (tertiary/aromatic N) is 2. The molecule has 0 bridgehead atoms. The Morgan fingerprint density at radius 1 is 1.04 bits per heavy atom. The highest BCUT2D eigenvalue weighted by molar-refractivity contribution is 7.89. The zero-order valence-electron chi connectivity index (χ0n) is 17.0. The monoisotopic (exact) mass is 404 g/mol. The van der Waals surface area contributed by atoms with Crippen LogP contribution in [0.1, 0.15) is 11.1 Å². The largest absolute Gasteiger partial charge is 0.378 e. The van der Waals surface area contributed by atoms with Crippen molar-refractivity contribution in [3.8, 4) is 0 Å². The quantitative estimate of drug-likeness (QED) is 0.704. The molecular formula is C20H28N4O3S. The molecule has 0 saturated carbocycles. The van der Waals surface area contributed by atoms with Crippen molar-refractivity contribution in [2.24, 2.45) is 0 Å². The van der Waals surface area contributed by atoms with Crippen LogP contribution < -0.4 is 14.9 Å². The second kappa shape index (κ2) is 9.18. The van der Waals surface area contributed by atoms with Crippen molar-refractivity contribution in [3.05, 3.63) is 53.6 Å². The molecule has 2 aromatic carbocycles. The van der Waals surface area contributed by atoms with Crippen LogP contribution >= 0.6 is 0 Å². The van der Waals surface area contributed by atoms with Crippen molar-refractivity contribution in [2.75, 3.05) is 45.0 Å². The molecule has 0 saturated heterocycles. The summed E-state index contributed by atoms with van der Waals surface area (Å²) in [6, 6.07) is 13.0. The van der Waals surface area contributed by atoms with Crippen molar-refractivity contribution in [2.45, 2.75) is 18.4 Å². The third-order valence-electron chi connectivity index (χ3n) is 4.35. The molecule has 2 rings (SSSR count). The Labute approximate surface area is 167 Å². The van der Waals surface area contributed by atoms with Crippen LogP contribution in [0.25, 0.3) is 0 Å². The SMILES string of the molecule is CNS(=O)(=O)c1cc(NC(=O)CN(C)Cc2ccc(N(C)C)cc2)ccc1C. The maximum atomic E-state index is 12.3. The maximum Gasteiger partial charge on any atom is 0.240 e. The van der Waals surface area contributed by atoms with Crippen molar-refractivity contribution in [1.82, 2.24) is 9.62 Å². The van der Waals surface area contributed by atoms with Crippen LogP contribution in [-0.4, -0.2) is 54.0 Å². The fourth-order valence-electron chi connectivity index (χ4n) is 2.79. The molecule has 0 heterocycles. The Morgan fingerprint density at radius 3 is 2.25 bits per heavy atom. The predicted molar refractivity (Wildman–Crippen MR) is 113 cm³/mol. The van der Waals surface area contributed by atoms with Crippen molar-refractivity contribution < 1.29 is 13.2 Å². The van der Waals surface area contributed by atoms with E-state index < -0.39 is 10.0 Å². The summed E-state index contributed by atoms with van der Waals surface area (Å²) in [5.41, 5.74) is 3.30. The Kier molecular flexibility index (Phi) is 7.17. The minimum absolute atomic E-state index is 0.155. The van der Waals surface area contributed by atoms with Gasteiger partial charge in [0, 0.05) is 32.0 Å². The lowest BCUT2D eigenvalue weighted by Crippen LogP contribution is -2.30. The first-order valence-electron chi connectivity index (χ1n) is 8.91. The summed E-state index contributed by atoms with van der Waals surface area (Å²) in [5, 5.41) is 2.77. The summed E-state index contributed by atoms with van der Waals surface area (Å²) >= 11 is 0. The molecule has 0 aliphatic heterocycles. The Bertz CT molecular complexity index is 925. The zero-order chi connectivity index (χ0) is 20.9. The third kappa shape index (κ3) is 5.79. The predicted octanol–water partition coefficient (Wildman–Crippen LogP) is 2.04. The van der Waals surface area contributed by atoms with Crippen LogP contribution in [0.2, 0.25) is 0 Å². The molecule has 28 heavy (non-hydrogen) atoms. The van der Waals surface area contributed by atoms with Gasteiger partial charge in [-0.25, -0.2) is 13.1 Å². The van der Waals surface area contributed by atoms with Gasteiger partial charge in [0.15, 0.2) is 0 Å². The second-order valence-corrected chi connectivity index (χ2v) is 8.82. The lowest BCUT2D eigenvalue weighted by molar-refractivity contribution is -0.117. The van der Waals surface area contributed by atoms with Crippen LogP contribution in [0.15, 0.2) is 47.4 Å². The van der Waals surface area contributed by atoms with Gasteiger partial charge in [0.2, 0.25) is 15.9 Å². The highest BCUT2D eigenvalue weighted by atomic mass is 32.2.